The van der Waals surface area contributed by atoms with Crippen LogP contribution in [0.4, 0.5) is 0 Å². The molecular weight excluding hydrogens is 212 g/mol. The van der Waals surface area contributed by atoms with Gasteiger partial charge in [-0.1, -0.05) is 26.8 Å². The van der Waals surface area contributed by atoms with E-state index in [1.807, 2.05) is 0 Å². The lowest BCUT2D eigenvalue weighted by atomic mass is 9.79. The van der Waals surface area contributed by atoms with Gasteiger partial charge in [-0.25, -0.2) is 4.79 Å². The van der Waals surface area contributed by atoms with Gasteiger partial charge in [-0.2, -0.15) is 0 Å². The average molecular weight is 236 g/mol. The lowest BCUT2D eigenvalue weighted by Crippen LogP contribution is -2.20. The van der Waals surface area contributed by atoms with Crippen LogP contribution < -0.4 is 0 Å². The fourth-order valence-electron chi connectivity index (χ4n) is 4.03. The molecule has 2 aliphatic carbocycles. The van der Waals surface area contributed by atoms with Crippen molar-refractivity contribution in [1.82, 2.24) is 0 Å². The summed E-state index contributed by atoms with van der Waals surface area (Å²) in [5, 5.41) is 9.10. The normalized spacial score (nSPS) is 41.6. The molecule has 0 saturated heterocycles. The number of hydrogen-bond donors (Lipinski definition) is 1. The standard InChI is InChI=1S/C15H24O2/c1-9-4-6-12(11(3)15(16)17)8-14-10(2)5-7-13(9)14/h9-10,12-14H,3-8H2,1-2H3,(H,16,17). The fourth-order valence-corrected chi connectivity index (χ4v) is 4.03. The molecule has 0 aliphatic heterocycles. The van der Waals surface area contributed by atoms with Crippen molar-refractivity contribution >= 4 is 5.97 Å². The van der Waals surface area contributed by atoms with Gasteiger partial charge in [0.05, 0.1) is 0 Å². The van der Waals surface area contributed by atoms with Crippen LogP contribution in [0.3, 0.4) is 0 Å². The summed E-state index contributed by atoms with van der Waals surface area (Å²) in [7, 11) is 0. The van der Waals surface area contributed by atoms with E-state index < -0.39 is 5.97 Å². The van der Waals surface area contributed by atoms with E-state index in [0.29, 0.717) is 5.57 Å². The molecule has 0 heterocycles. The molecule has 17 heavy (non-hydrogen) atoms. The topological polar surface area (TPSA) is 37.3 Å². The van der Waals surface area contributed by atoms with Crippen LogP contribution >= 0.6 is 0 Å². The minimum atomic E-state index is -0.799. The number of hydrogen-bond acceptors (Lipinski definition) is 1. The van der Waals surface area contributed by atoms with E-state index in [4.69, 9.17) is 5.11 Å². The first-order valence-corrected chi connectivity index (χ1v) is 6.92. The smallest absolute Gasteiger partial charge is 0.331 e. The Morgan fingerprint density at radius 1 is 1.06 bits per heavy atom. The van der Waals surface area contributed by atoms with E-state index in [1.54, 1.807) is 0 Å². The molecule has 0 amide bonds. The van der Waals surface area contributed by atoms with Crippen molar-refractivity contribution in [1.29, 1.82) is 0 Å². The highest BCUT2D eigenvalue weighted by Crippen LogP contribution is 2.49. The predicted octanol–water partition coefficient (Wildman–Crippen LogP) is 3.73. The first kappa shape index (κ1) is 12.7. The first-order chi connectivity index (χ1) is 8.00. The highest BCUT2D eigenvalue weighted by molar-refractivity contribution is 5.86. The summed E-state index contributed by atoms with van der Waals surface area (Å²) in [5.74, 6) is 2.50. The van der Waals surface area contributed by atoms with Gasteiger partial charge in [0.1, 0.15) is 0 Å². The van der Waals surface area contributed by atoms with Crippen molar-refractivity contribution in [2.45, 2.75) is 46.0 Å². The van der Waals surface area contributed by atoms with E-state index in [0.717, 1.165) is 36.5 Å². The Morgan fingerprint density at radius 3 is 2.29 bits per heavy atom. The summed E-state index contributed by atoms with van der Waals surface area (Å²) in [5.41, 5.74) is 0.442. The second-order valence-electron chi connectivity index (χ2n) is 6.20. The molecule has 0 aromatic heterocycles. The van der Waals surface area contributed by atoms with Crippen LogP contribution in [0.25, 0.3) is 0 Å². The summed E-state index contributed by atoms with van der Waals surface area (Å²) < 4.78 is 0. The lowest BCUT2D eigenvalue weighted by Gasteiger charge is -2.26. The molecule has 2 rings (SSSR count). The summed E-state index contributed by atoms with van der Waals surface area (Å²) in [6, 6.07) is 0. The number of carboxylic acid groups (broad SMARTS) is 1. The van der Waals surface area contributed by atoms with Crippen molar-refractivity contribution in [3.05, 3.63) is 12.2 Å². The van der Waals surface area contributed by atoms with E-state index in [9.17, 15) is 4.79 Å². The molecule has 96 valence electrons. The SMILES string of the molecule is C=C(C(=O)O)C1CCC(C)C2CCC(C)C2C1. The molecule has 0 aromatic carbocycles. The molecule has 2 saturated carbocycles. The van der Waals surface area contributed by atoms with Crippen LogP contribution in [0.5, 0.6) is 0 Å². The second-order valence-corrected chi connectivity index (χ2v) is 6.20. The zero-order chi connectivity index (χ0) is 12.6. The van der Waals surface area contributed by atoms with Crippen LogP contribution in [0.2, 0.25) is 0 Å². The van der Waals surface area contributed by atoms with Crippen molar-refractivity contribution in [3.63, 3.8) is 0 Å². The average Bonchev–Trinajstić information content (AvgIpc) is 2.55. The predicted molar refractivity (Wildman–Crippen MR) is 68.7 cm³/mol. The molecule has 0 bridgehead atoms. The summed E-state index contributed by atoms with van der Waals surface area (Å²) in [4.78, 5) is 11.1. The summed E-state index contributed by atoms with van der Waals surface area (Å²) >= 11 is 0. The van der Waals surface area contributed by atoms with Gasteiger partial charge in [-0.3, -0.25) is 0 Å². The monoisotopic (exact) mass is 236 g/mol. The third kappa shape index (κ3) is 2.41. The molecule has 5 atom stereocenters. The van der Waals surface area contributed by atoms with Crippen molar-refractivity contribution in [2.24, 2.45) is 29.6 Å². The Balaban J connectivity index is 2.13. The Morgan fingerprint density at radius 2 is 1.65 bits per heavy atom. The van der Waals surface area contributed by atoms with Gasteiger partial charge in [-0.15, -0.1) is 0 Å². The molecule has 2 fully saturated rings. The number of carbonyl (C=O) groups is 1. The Labute approximate surface area is 104 Å². The highest BCUT2D eigenvalue weighted by Gasteiger charge is 2.40. The quantitative estimate of drug-likeness (QED) is 0.742. The Kier molecular flexibility index (Phi) is 3.60. The number of carboxylic acids is 1. The Bertz CT molecular complexity index is 321. The summed E-state index contributed by atoms with van der Waals surface area (Å²) in [6.45, 7) is 8.47. The lowest BCUT2D eigenvalue weighted by molar-refractivity contribution is -0.133. The molecule has 5 unspecified atom stereocenters. The number of aliphatic carboxylic acids is 1. The van der Waals surface area contributed by atoms with Crippen molar-refractivity contribution in [3.8, 4) is 0 Å². The van der Waals surface area contributed by atoms with Gasteiger partial charge in [0.25, 0.3) is 0 Å². The Hall–Kier alpha value is -0.790. The third-order valence-corrected chi connectivity index (χ3v) is 5.26. The summed E-state index contributed by atoms with van der Waals surface area (Å²) in [6.07, 6.45) is 5.92. The fraction of sp³-hybridized carbons (Fsp3) is 0.800. The molecule has 1 N–H and O–H groups in total. The van der Waals surface area contributed by atoms with Crippen molar-refractivity contribution in [2.75, 3.05) is 0 Å². The molecule has 0 radical (unpaired) electrons. The number of fused-ring (bicyclic) bond motifs is 1. The van der Waals surface area contributed by atoms with Crippen molar-refractivity contribution < 1.29 is 9.90 Å². The van der Waals surface area contributed by atoms with Gasteiger partial charge in [0.15, 0.2) is 0 Å². The van der Waals surface area contributed by atoms with E-state index in [2.05, 4.69) is 20.4 Å². The molecule has 0 aromatic rings. The van der Waals surface area contributed by atoms with Gasteiger partial charge >= 0.3 is 5.97 Å². The first-order valence-electron chi connectivity index (χ1n) is 6.92. The van der Waals surface area contributed by atoms with E-state index >= 15 is 0 Å². The van der Waals surface area contributed by atoms with Crippen LogP contribution in [0.1, 0.15) is 46.0 Å². The zero-order valence-corrected chi connectivity index (χ0v) is 11.0. The molecule has 2 nitrogen and oxygen atoms in total. The van der Waals surface area contributed by atoms with Gasteiger partial charge in [-0.05, 0) is 55.3 Å². The highest BCUT2D eigenvalue weighted by atomic mass is 16.4. The van der Waals surface area contributed by atoms with Crippen LogP contribution in [0.15, 0.2) is 12.2 Å². The minimum Gasteiger partial charge on any atom is -0.478 e. The number of rotatable bonds is 2. The second kappa shape index (κ2) is 4.83. The van der Waals surface area contributed by atoms with Gasteiger partial charge in [0.2, 0.25) is 0 Å². The third-order valence-electron chi connectivity index (χ3n) is 5.26. The zero-order valence-electron chi connectivity index (χ0n) is 11.0. The van der Waals surface area contributed by atoms with E-state index in [1.165, 1.54) is 19.3 Å². The van der Waals surface area contributed by atoms with E-state index in [-0.39, 0.29) is 5.92 Å². The van der Waals surface area contributed by atoms with Gasteiger partial charge < -0.3 is 5.11 Å². The van der Waals surface area contributed by atoms with Crippen LogP contribution in [0, 0.1) is 29.6 Å². The molecule has 2 aliphatic rings. The maximum absolute atomic E-state index is 11.1. The van der Waals surface area contributed by atoms with Gasteiger partial charge in [0, 0.05) is 5.57 Å². The van der Waals surface area contributed by atoms with Crippen LogP contribution in [-0.2, 0) is 4.79 Å². The molecular formula is C15H24O2. The largest absolute Gasteiger partial charge is 0.478 e. The molecule has 2 heteroatoms. The minimum absolute atomic E-state index is 0.213. The maximum atomic E-state index is 11.1. The molecule has 0 spiro atoms. The van der Waals surface area contributed by atoms with Crippen LogP contribution in [-0.4, -0.2) is 11.1 Å². The maximum Gasteiger partial charge on any atom is 0.331 e.